The Balaban J connectivity index is 2.13. The number of carbonyl (C=O) groups is 2. The number of hydrogen-bond acceptors (Lipinski definition) is 4. The first kappa shape index (κ1) is 18.8. The first-order chi connectivity index (χ1) is 11.6. The number of rotatable bonds is 4. The highest BCUT2D eigenvalue weighted by atomic mass is 16.3. The summed E-state index contributed by atoms with van der Waals surface area (Å²) in [5, 5.41) is 9.50. The number of carbonyl (C=O) groups excluding carboxylic acids is 2. The van der Waals surface area contributed by atoms with E-state index in [9.17, 15) is 9.59 Å². The van der Waals surface area contributed by atoms with E-state index in [1.54, 1.807) is 13.1 Å². The van der Waals surface area contributed by atoms with Crippen molar-refractivity contribution in [2.75, 3.05) is 5.32 Å². The fourth-order valence-corrected chi connectivity index (χ4v) is 2.55. The SMILES string of the molecule is CCc1ccc(C(NC(=O)C(=O)Nc2cc(C)nn2C)C(C)(C)C)o1. The van der Waals surface area contributed by atoms with Gasteiger partial charge in [0.15, 0.2) is 0 Å². The van der Waals surface area contributed by atoms with E-state index in [1.807, 2.05) is 46.8 Å². The molecule has 7 heteroatoms. The Kier molecular flexibility index (Phi) is 5.35. The van der Waals surface area contributed by atoms with Gasteiger partial charge in [-0.05, 0) is 24.5 Å². The number of nitrogens with zero attached hydrogens (tertiary/aromatic N) is 2. The van der Waals surface area contributed by atoms with Gasteiger partial charge in [0.1, 0.15) is 17.3 Å². The van der Waals surface area contributed by atoms with Gasteiger partial charge in [-0.2, -0.15) is 5.10 Å². The molecule has 0 bridgehead atoms. The highest BCUT2D eigenvalue weighted by Crippen LogP contribution is 2.33. The van der Waals surface area contributed by atoms with Crippen LogP contribution in [-0.4, -0.2) is 21.6 Å². The molecule has 2 aromatic heterocycles. The van der Waals surface area contributed by atoms with Crippen molar-refractivity contribution < 1.29 is 14.0 Å². The second kappa shape index (κ2) is 7.13. The zero-order valence-corrected chi connectivity index (χ0v) is 15.6. The van der Waals surface area contributed by atoms with E-state index < -0.39 is 17.9 Å². The van der Waals surface area contributed by atoms with Gasteiger partial charge in [-0.3, -0.25) is 14.3 Å². The molecule has 2 N–H and O–H groups in total. The Labute approximate surface area is 147 Å². The number of hydrogen-bond donors (Lipinski definition) is 2. The van der Waals surface area contributed by atoms with Crippen LogP contribution in [0, 0.1) is 12.3 Å². The lowest BCUT2D eigenvalue weighted by molar-refractivity contribution is -0.137. The van der Waals surface area contributed by atoms with Crippen molar-refractivity contribution in [2.45, 2.75) is 47.1 Å². The Morgan fingerprint density at radius 3 is 2.44 bits per heavy atom. The van der Waals surface area contributed by atoms with Crippen LogP contribution in [-0.2, 0) is 23.1 Å². The molecule has 0 aliphatic heterocycles. The van der Waals surface area contributed by atoms with Crippen molar-refractivity contribution in [1.82, 2.24) is 15.1 Å². The van der Waals surface area contributed by atoms with E-state index in [0.717, 1.165) is 17.9 Å². The topological polar surface area (TPSA) is 89.2 Å². The number of amides is 2. The van der Waals surface area contributed by atoms with Crippen LogP contribution < -0.4 is 10.6 Å². The average Bonchev–Trinajstić information content (AvgIpc) is 3.09. The predicted molar refractivity (Wildman–Crippen MR) is 95.0 cm³/mol. The maximum atomic E-state index is 12.4. The average molecular weight is 346 g/mol. The van der Waals surface area contributed by atoms with Crippen LogP contribution in [0.5, 0.6) is 0 Å². The summed E-state index contributed by atoms with van der Waals surface area (Å²) >= 11 is 0. The third-order valence-corrected chi connectivity index (χ3v) is 3.91. The van der Waals surface area contributed by atoms with Crippen molar-refractivity contribution in [3.05, 3.63) is 35.4 Å². The fourth-order valence-electron chi connectivity index (χ4n) is 2.55. The molecule has 0 spiro atoms. The van der Waals surface area contributed by atoms with Crippen LogP contribution >= 0.6 is 0 Å². The van der Waals surface area contributed by atoms with E-state index in [2.05, 4.69) is 15.7 Å². The zero-order chi connectivity index (χ0) is 18.8. The minimum absolute atomic E-state index is 0.318. The molecule has 0 aliphatic carbocycles. The molecule has 0 saturated carbocycles. The third kappa shape index (κ3) is 4.49. The molecule has 25 heavy (non-hydrogen) atoms. The van der Waals surface area contributed by atoms with E-state index in [1.165, 1.54) is 4.68 Å². The van der Waals surface area contributed by atoms with Gasteiger partial charge in [-0.15, -0.1) is 0 Å². The normalized spacial score (nSPS) is 12.7. The summed E-state index contributed by atoms with van der Waals surface area (Å²) in [6.45, 7) is 9.75. The molecule has 1 unspecified atom stereocenters. The highest BCUT2D eigenvalue weighted by molar-refractivity contribution is 6.39. The monoisotopic (exact) mass is 346 g/mol. The molecule has 2 heterocycles. The van der Waals surface area contributed by atoms with E-state index in [0.29, 0.717) is 11.6 Å². The zero-order valence-electron chi connectivity index (χ0n) is 15.6. The minimum atomic E-state index is -0.737. The summed E-state index contributed by atoms with van der Waals surface area (Å²) in [5.41, 5.74) is 0.440. The second-order valence-corrected chi connectivity index (χ2v) is 7.18. The molecule has 2 amide bonds. The van der Waals surface area contributed by atoms with Crippen LogP contribution in [0.25, 0.3) is 0 Å². The standard InChI is InChI=1S/C18H26N4O3/c1-7-12-8-9-13(25-12)15(18(3,4)5)20-17(24)16(23)19-14-10-11(2)21-22(14)6/h8-10,15H,7H2,1-6H3,(H,19,23)(H,20,24). The largest absolute Gasteiger partial charge is 0.464 e. The number of furan rings is 1. The number of aromatic nitrogens is 2. The Morgan fingerprint density at radius 2 is 1.96 bits per heavy atom. The van der Waals surface area contributed by atoms with Crippen LogP contribution in [0.1, 0.15) is 51.0 Å². The Morgan fingerprint density at radius 1 is 1.28 bits per heavy atom. The summed E-state index contributed by atoms with van der Waals surface area (Å²) in [7, 11) is 1.70. The highest BCUT2D eigenvalue weighted by Gasteiger charge is 2.32. The number of nitrogens with one attached hydrogen (secondary N) is 2. The molecule has 7 nitrogen and oxygen atoms in total. The summed E-state index contributed by atoms with van der Waals surface area (Å²) in [6, 6.07) is 5.02. The van der Waals surface area contributed by atoms with Crippen molar-refractivity contribution >= 4 is 17.6 Å². The van der Waals surface area contributed by atoms with Crippen LogP contribution in [0.15, 0.2) is 22.6 Å². The predicted octanol–water partition coefficient (Wildman–Crippen LogP) is 2.73. The van der Waals surface area contributed by atoms with Gasteiger partial charge < -0.3 is 15.1 Å². The molecule has 0 saturated heterocycles. The first-order valence-corrected chi connectivity index (χ1v) is 8.33. The first-order valence-electron chi connectivity index (χ1n) is 8.33. The molecule has 2 rings (SSSR count). The van der Waals surface area contributed by atoms with Gasteiger partial charge in [0.25, 0.3) is 0 Å². The summed E-state index contributed by atoms with van der Waals surface area (Å²) in [4.78, 5) is 24.6. The Hall–Kier alpha value is -2.57. The van der Waals surface area contributed by atoms with Gasteiger partial charge in [0, 0.05) is 19.5 Å². The van der Waals surface area contributed by atoms with E-state index >= 15 is 0 Å². The maximum absolute atomic E-state index is 12.4. The smallest absolute Gasteiger partial charge is 0.314 e. The van der Waals surface area contributed by atoms with E-state index in [4.69, 9.17) is 4.42 Å². The minimum Gasteiger partial charge on any atom is -0.464 e. The number of aryl methyl sites for hydroxylation is 3. The lowest BCUT2D eigenvalue weighted by atomic mass is 9.85. The van der Waals surface area contributed by atoms with Crippen LogP contribution in [0.2, 0.25) is 0 Å². The molecule has 0 aromatic carbocycles. The van der Waals surface area contributed by atoms with Crippen molar-refractivity contribution in [1.29, 1.82) is 0 Å². The van der Waals surface area contributed by atoms with Crippen LogP contribution in [0.4, 0.5) is 5.82 Å². The summed E-state index contributed by atoms with van der Waals surface area (Å²) < 4.78 is 7.30. The fraction of sp³-hybridized carbons (Fsp3) is 0.500. The van der Waals surface area contributed by atoms with E-state index in [-0.39, 0.29) is 5.41 Å². The Bertz CT molecular complexity index is 768. The van der Waals surface area contributed by atoms with Gasteiger partial charge in [0.05, 0.1) is 11.7 Å². The molecule has 2 aromatic rings. The number of anilines is 1. The van der Waals surface area contributed by atoms with Gasteiger partial charge in [-0.25, -0.2) is 0 Å². The van der Waals surface area contributed by atoms with Gasteiger partial charge in [0.2, 0.25) is 0 Å². The maximum Gasteiger partial charge on any atom is 0.314 e. The van der Waals surface area contributed by atoms with Gasteiger partial charge in [-0.1, -0.05) is 27.7 Å². The van der Waals surface area contributed by atoms with Crippen LogP contribution in [0.3, 0.4) is 0 Å². The molecular formula is C18H26N4O3. The molecule has 1 atom stereocenters. The second-order valence-electron chi connectivity index (χ2n) is 7.18. The molecule has 0 radical (unpaired) electrons. The van der Waals surface area contributed by atoms with Crippen molar-refractivity contribution in [2.24, 2.45) is 12.5 Å². The molecule has 0 fully saturated rings. The lowest BCUT2D eigenvalue weighted by Gasteiger charge is -2.29. The van der Waals surface area contributed by atoms with Crippen molar-refractivity contribution in [3.63, 3.8) is 0 Å². The quantitative estimate of drug-likeness (QED) is 0.833. The summed E-state index contributed by atoms with van der Waals surface area (Å²) in [5.74, 6) is 0.499. The third-order valence-electron chi connectivity index (χ3n) is 3.91. The molecule has 0 aliphatic rings. The van der Waals surface area contributed by atoms with Gasteiger partial charge >= 0.3 is 11.8 Å². The summed E-state index contributed by atoms with van der Waals surface area (Å²) in [6.07, 6.45) is 0.769. The molecular weight excluding hydrogens is 320 g/mol. The van der Waals surface area contributed by atoms with Crippen molar-refractivity contribution in [3.8, 4) is 0 Å². The lowest BCUT2D eigenvalue weighted by Crippen LogP contribution is -2.42. The molecule has 136 valence electrons.